The van der Waals surface area contributed by atoms with E-state index in [2.05, 4.69) is 66.0 Å². The highest BCUT2D eigenvalue weighted by molar-refractivity contribution is 9.10. The molecule has 0 amide bonds. The molecular weight excluding hydrogens is 312 g/mol. The van der Waals surface area contributed by atoms with Gasteiger partial charge < -0.3 is 10.2 Å². The lowest BCUT2D eigenvalue weighted by atomic mass is 9.92. The zero-order chi connectivity index (χ0) is 14.7. The number of rotatable bonds is 4. The molecule has 1 saturated heterocycles. The van der Waals surface area contributed by atoms with Gasteiger partial charge in [0.2, 0.25) is 0 Å². The van der Waals surface area contributed by atoms with Gasteiger partial charge in [-0.25, -0.2) is 0 Å². The Bertz CT molecular complexity index is 435. The normalized spacial score (nSPS) is 23.1. The van der Waals surface area contributed by atoms with Gasteiger partial charge in [-0.2, -0.15) is 0 Å². The molecule has 0 spiro atoms. The van der Waals surface area contributed by atoms with Gasteiger partial charge in [-0.05, 0) is 62.4 Å². The largest absolute Gasteiger partial charge is 0.371 e. The zero-order valence-electron chi connectivity index (χ0n) is 13.2. The average molecular weight is 339 g/mol. The molecule has 0 bridgehead atoms. The van der Waals surface area contributed by atoms with Gasteiger partial charge in [-0.15, -0.1) is 0 Å². The molecular formula is C17H27BrN2. The molecule has 0 aromatic heterocycles. The van der Waals surface area contributed by atoms with E-state index in [1.54, 1.807) is 0 Å². The van der Waals surface area contributed by atoms with Gasteiger partial charge in [0.25, 0.3) is 0 Å². The van der Waals surface area contributed by atoms with Crippen molar-refractivity contribution in [1.82, 2.24) is 5.32 Å². The van der Waals surface area contributed by atoms with E-state index in [0.29, 0.717) is 12.0 Å². The van der Waals surface area contributed by atoms with Crippen LogP contribution in [0.3, 0.4) is 0 Å². The fourth-order valence-corrected chi connectivity index (χ4v) is 4.07. The second kappa shape index (κ2) is 6.95. The number of piperidine rings is 1. The van der Waals surface area contributed by atoms with E-state index in [-0.39, 0.29) is 0 Å². The number of aryl methyl sites for hydroxylation is 2. The van der Waals surface area contributed by atoms with Gasteiger partial charge >= 0.3 is 0 Å². The first-order chi connectivity index (χ1) is 9.52. The highest BCUT2D eigenvalue weighted by Gasteiger charge is 2.26. The molecule has 1 aromatic carbocycles. The van der Waals surface area contributed by atoms with E-state index >= 15 is 0 Å². The molecule has 1 aliphatic heterocycles. The second-order valence-electron chi connectivity index (χ2n) is 6.16. The number of nitrogens with zero attached hydrogens (tertiary/aromatic N) is 1. The summed E-state index contributed by atoms with van der Waals surface area (Å²) in [6, 6.07) is 5.14. The lowest BCUT2D eigenvalue weighted by molar-refractivity contribution is 0.322. The van der Waals surface area contributed by atoms with Crippen molar-refractivity contribution in [3.63, 3.8) is 0 Å². The first kappa shape index (κ1) is 15.8. The van der Waals surface area contributed by atoms with Crippen LogP contribution in [0.5, 0.6) is 0 Å². The Labute approximate surface area is 132 Å². The molecule has 1 fully saturated rings. The van der Waals surface area contributed by atoms with Gasteiger partial charge in [0.05, 0.1) is 0 Å². The van der Waals surface area contributed by atoms with Crippen LogP contribution in [0.15, 0.2) is 16.6 Å². The van der Waals surface area contributed by atoms with E-state index in [1.807, 2.05) is 0 Å². The minimum absolute atomic E-state index is 0.683. The molecule has 1 heterocycles. The first-order valence-electron chi connectivity index (χ1n) is 7.78. The molecule has 0 saturated carbocycles. The predicted molar refractivity (Wildman–Crippen MR) is 91.7 cm³/mol. The number of halogens is 1. The van der Waals surface area contributed by atoms with Crippen molar-refractivity contribution in [2.75, 3.05) is 24.5 Å². The standard InChI is InChI=1S/C17H27BrN2/c1-5-7-19-16-6-8-20(11-14(16)4)17-12(2)9-15(18)10-13(17)3/h9-10,14,16,19H,5-8,11H2,1-4H3. The summed E-state index contributed by atoms with van der Waals surface area (Å²) < 4.78 is 1.18. The van der Waals surface area contributed by atoms with Gasteiger partial charge in [-0.1, -0.05) is 29.8 Å². The van der Waals surface area contributed by atoms with Gasteiger partial charge in [0.1, 0.15) is 0 Å². The molecule has 1 N–H and O–H groups in total. The molecule has 2 atom stereocenters. The van der Waals surface area contributed by atoms with E-state index in [9.17, 15) is 0 Å². The van der Waals surface area contributed by atoms with Crippen molar-refractivity contribution in [2.45, 2.75) is 46.6 Å². The molecule has 3 heteroatoms. The maximum absolute atomic E-state index is 3.70. The minimum Gasteiger partial charge on any atom is -0.371 e. The summed E-state index contributed by atoms with van der Waals surface area (Å²) in [5.41, 5.74) is 4.20. The molecule has 2 rings (SSSR count). The van der Waals surface area contributed by atoms with Gasteiger partial charge in [0, 0.05) is 29.3 Å². The quantitative estimate of drug-likeness (QED) is 0.881. The van der Waals surface area contributed by atoms with E-state index in [0.717, 1.165) is 19.6 Å². The Balaban J connectivity index is 2.09. The van der Waals surface area contributed by atoms with Crippen LogP contribution < -0.4 is 10.2 Å². The fraction of sp³-hybridized carbons (Fsp3) is 0.647. The zero-order valence-corrected chi connectivity index (χ0v) is 14.8. The third-order valence-electron chi connectivity index (χ3n) is 4.33. The molecule has 1 aromatic rings. The smallest absolute Gasteiger partial charge is 0.0426 e. The van der Waals surface area contributed by atoms with Crippen LogP contribution in [0.1, 0.15) is 37.8 Å². The van der Waals surface area contributed by atoms with Crippen molar-refractivity contribution < 1.29 is 0 Å². The Morgan fingerprint density at radius 2 is 1.95 bits per heavy atom. The Morgan fingerprint density at radius 3 is 2.50 bits per heavy atom. The summed E-state index contributed by atoms with van der Waals surface area (Å²) in [6.07, 6.45) is 2.47. The molecule has 20 heavy (non-hydrogen) atoms. The topological polar surface area (TPSA) is 15.3 Å². The number of nitrogens with one attached hydrogen (secondary N) is 1. The Hall–Kier alpha value is -0.540. The summed E-state index contributed by atoms with van der Waals surface area (Å²) in [6.45, 7) is 12.5. The highest BCUT2D eigenvalue weighted by Crippen LogP contribution is 2.31. The minimum atomic E-state index is 0.683. The van der Waals surface area contributed by atoms with Crippen molar-refractivity contribution in [3.05, 3.63) is 27.7 Å². The number of hydrogen-bond acceptors (Lipinski definition) is 2. The lowest BCUT2D eigenvalue weighted by Gasteiger charge is -2.40. The number of anilines is 1. The summed E-state index contributed by atoms with van der Waals surface area (Å²) in [5.74, 6) is 0.706. The maximum atomic E-state index is 3.70. The highest BCUT2D eigenvalue weighted by atomic mass is 79.9. The van der Waals surface area contributed by atoms with Crippen LogP contribution in [0, 0.1) is 19.8 Å². The Kier molecular flexibility index (Phi) is 5.50. The molecule has 0 radical (unpaired) electrons. The van der Waals surface area contributed by atoms with Crippen molar-refractivity contribution in [2.24, 2.45) is 5.92 Å². The van der Waals surface area contributed by atoms with Crippen LogP contribution >= 0.6 is 15.9 Å². The number of hydrogen-bond donors (Lipinski definition) is 1. The Morgan fingerprint density at radius 1 is 1.30 bits per heavy atom. The summed E-state index contributed by atoms with van der Waals surface area (Å²) in [7, 11) is 0. The van der Waals surface area contributed by atoms with E-state index in [1.165, 1.54) is 34.1 Å². The molecule has 0 aliphatic carbocycles. The predicted octanol–water partition coefficient (Wildman–Crippen LogP) is 4.28. The van der Waals surface area contributed by atoms with E-state index in [4.69, 9.17) is 0 Å². The molecule has 112 valence electrons. The maximum Gasteiger partial charge on any atom is 0.0426 e. The summed E-state index contributed by atoms with van der Waals surface area (Å²) >= 11 is 3.59. The number of benzene rings is 1. The van der Waals surface area contributed by atoms with Crippen LogP contribution in [0.2, 0.25) is 0 Å². The molecule has 2 unspecified atom stereocenters. The van der Waals surface area contributed by atoms with Gasteiger partial charge in [0.15, 0.2) is 0 Å². The molecule has 2 nitrogen and oxygen atoms in total. The summed E-state index contributed by atoms with van der Waals surface area (Å²) in [4.78, 5) is 2.58. The first-order valence-corrected chi connectivity index (χ1v) is 8.57. The van der Waals surface area contributed by atoms with Crippen LogP contribution in [-0.4, -0.2) is 25.7 Å². The van der Waals surface area contributed by atoms with Crippen molar-refractivity contribution >= 4 is 21.6 Å². The summed E-state index contributed by atoms with van der Waals surface area (Å²) in [5, 5.41) is 3.70. The van der Waals surface area contributed by atoms with Crippen molar-refractivity contribution in [3.8, 4) is 0 Å². The molecule has 1 aliphatic rings. The third kappa shape index (κ3) is 3.56. The monoisotopic (exact) mass is 338 g/mol. The fourth-order valence-electron chi connectivity index (χ4n) is 3.38. The van der Waals surface area contributed by atoms with E-state index < -0.39 is 0 Å². The second-order valence-corrected chi connectivity index (χ2v) is 7.08. The average Bonchev–Trinajstić information content (AvgIpc) is 2.36. The van der Waals surface area contributed by atoms with Gasteiger partial charge in [-0.3, -0.25) is 0 Å². The van der Waals surface area contributed by atoms with Crippen LogP contribution in [0.4, 0.5) is 5.69 Å². The SMILES string of the molecule is CCCNC1CCN(c2c(C)cc(Br)cc2C)CC1C. The van der Waals surface area contributed by atoms with Crippen LogP contribution in [-0.2, 0) is 0 Å². The van der Waals surface area contributed by atoms with Crippen molar-refractivity contribution in [1.29, 1.82) is 0 Å². The lowest BCUT2D eigenvalue weighted by Crippen LogP contribution is -2.48. The third-order valence-corrected chi connectivity index (χ3v) is 4.79. The van der Waals surface area contributed by atoms with Crippen LogP contribution in [0.25, 0.3) is 0 Å².